The number of rotatable bonds is 3. The summed E-state index contributed by atoms with van der Waals surface area (Å²) in [6.07, 6.45) is 8.52. The molecule has 1 aromatic rings. The highest BCUT2D eigenvalue weighted by molar-refractivity contribution is 9.09. The van der Waals surface area contributed by atoms with Gasteiger partial charge in [0.05, 0.1) is 0 Å². The fourth-order valence-corrected chi connectivity index (χ4v) is 3.96. The van der Waals surface area contributed by atoms with E-state index in [9.17, 15) is 0 Å². The number of hydrogen-bond acceptors (Lipinski definition) is 0. The van der Waals surface area contributed by atoms with Crippen molar-refractivity contribution in [3.8, 4) is 0 Å². The standard InChI is InChI=1S/C16H23Br/c1-12-8-9-13(2)15(10-12)16(17)11-14-6-4-3-5-7-14/h8-10,14,16H,3-7,11H2,1-2H3. The Morgan fingerprint density at radius 2 is 1.88 bits per heavy atom. The lowest BCUT2D eigenvalue weighted by Crippen LogP contribution is -2.09. The van der Waals surface area contributed by atoms with Crippen molar-refractivity contribution < 1.29 is 0 Å². The second-order valence-corrected chi connectivity index (χ2v) is 6.67. The SMILES string of the molecule is Cc1ccc(C)c(C(Br)CC2CCCCC2)c1. The molecule has 1 heteroatoms. The van der Waals surface area contributed by atoms with E-state index in [0.29, 0.717) is 4.83 Å². The Hall–Kier alpha value is -0.300. The summed E-state index contributed by atoms with van der Waals surface area (Å²) >= 11 is 3.91. The van der Waals surface area contributed by atoms with E-state index in [4.69, 9.17) is 0 Å². The van der Waals surface area contributed by atoms with Crippen molar-refractivity contribution in [2.45, 2.75) is 57.2 Å². The predicted molar refractivity (Wildman–Crippen MR) is 78.8 cm³/mol. The second kappa shape index (κ2) is 6.04. The van der Waals surface area contributed by atoms with E-state index < -0.39 is 0 Å². The van der Waals surface area contributed by atoms with Gasteiger partial charge >= 0.3 is 0 Å². The first-order valence-corrected chi connectivity index (χ1v) is 7.79. The molecule has 0 amide bonds. The lowest BCUT2D eigenvalue weighted by Gasteiger charge is -2.24. The third kappa shape index (κ3) is 3.58. The van der Waals surface area contributed by atoms with Crippen molar-refractivity contribution in [1.29, 1.82) is 0 Å². The molecule has 1 aromatic carbocycles. The van der Waals surface area contributed by atoms with Crippen molar-refractivity contribution in [2.75, 3.05) is 0 Å². The summed E-state index contributed by atoms with van der Waals surface area (Å²) in [5.74, 6) is 0.938. The summed E-state index contributed by atoms with van der Waals surface area (Å²) in [6.45, 7) is 4.41. The molecule has 1 aliphatic carbocycles. The van der Waals surface area contributed by atoms with Crippen molar-refractivity contribution in [3.05, 3.63) is 34.9 Å². The van der Waals surface area contributed by atoms with Gasteiger partial charge in [0.1, 0.15) is 0 Å². The van der Waals surface area contributed by atoms with Crippen LogP contribution in [0.2, 0.25) is 0 Å². The Morgan fingerprint density at radius 3 is 2.59 bits per heavy atom. The minimum absolute atomic E-state index is 0.547. The number of alkyl halides is 1. The van der Waals surface area contributed by atoms with Crippen LogP contribution in [0.5, 0.6) is 0 Å². The average Bonchev–Trinajstić information content (AvgIpc) is 2.33. The molecular formula is C16H23Br. The fraction of sp³-hybridized carbons (Fsp3) is 0.625. The Balaban J connectivity index is 2.02. The Morgan fingerprint density at radius 1 is 1.18 bits per heavy atom. The molecule has 0 radical (unpaired) electrons. The summed E-state index contributed by atoms with van der Waals surface area (Å²) < 4.78 is 0. The molecule has 94 valence electrons. The van der Waals surface area contributed by atoms with Crippen LogP contribution in [-0.2, 0) is 0 Å². The number of benzene rings is 1. The van der Waals surface area contributed by atoms with Gasteiger partial charge in [0.25, 0.3) is 0 Å². The molecule has 0 heterocycles. The van der Waals surface area contributed by atoms with Gasteiger partial charge in [-0.05, 0) is 37.3 Å². The number of halogens is 1. The molecule has 1 atom stereocenters. The molecule has 0 N–H and O–H groups in total. The quantitative estimate of drug-likeness (QED) is 0.626. The van der Waals surface area contributed by atoms with E-state index in [0.717, 1.165) is 5.92 Å². The van der Waals surface area contributed by atoms with Crippen LogP contribution in [0, 0.1) is 19.8 Å². The van der Waals surface area contributed by atoms with Crippen molar-refractivity contribution in [3.63, 3.8) is 0 Å². The first kappa shape index (κ1) is 13.1. The molecule has 0 nitrogen and oxygen atoms in total. The average molecular weight is 295 g/mol. The van der Waals surface area contributed by atoms with Crippen LogP contribution in [0.4, 0.5) is 0 Å². The van der Waals surface area contributed by atoms with Gasteiger partial charge in [-0.2, -0.15) is 0 Å². The fourth-order valence-electron chi connectivity index (χ4n) is 2.94. The first-order valence-electron chi connectivity index (χ1n) is 6.88. The Bertz CT molecular complexity index is 364. The number of hydrogen-bond donors (Lipinski definition) is 0. The van der Waals surface area contributed by atoms with Gasteiger partial charge < -0.3 is 0 Å². The molecule has 1 unspecified atom stereocenters. The van der Waals surface area contributed by atoms with Crippen molar-refractivity contribution in [2.24, 2.45) is 5.92 Å². The van der Waals surface area contributed by atoms with Crippen molar-refractivity contribution >= 4 is 15.9 Å². The second-order valence-electron chi connectivity index (χ2n) is 5.57. The van der Waals surface area contributed by atoms with Gasteiger partial charge in [0, 0.05) is 4.83 Å². The van der Waals surface area contributed by atoms with E-state index >= 15 is 0 Å². The minimum atomic E-state index is 0.547. The maximum Gasteiger partial charge on any atom is 0.0400 e. The van der Waals surface area contributed by atoms with Crippen LogP contribution in [-0.4, -0.2) is 0 Å². The highest BCUT2D eigenvalue weighted by Crippen LogP contribution is 2.37. The molecule has 0 spiro atoms. The third-order valence-electron chi connectivity index (χ3n) is 4.04. The Kier molecular flexibility index (Phi) is 4.67. The molecule has 0 saturated heterocycles. The molecule has 1 aliphatic rings. The summed E-state index contributed by atoms with van der Waals surface area (Å²) in [7, 11) is 0. The van der Waals surface area contributed by atoms with Crippen LogP contribution < -0.4 is 0 Å². The molecule has 1 fully saturated rings. The predicted octanol–water partition coefficient (Wildman–Crippen LogP) is 5.71. The zero-order chi connectivity index (χ0) is 12.3. The summed E-state index contributed by atoms with van der Waals surface area (Å²) in [5, 5.41) is 0. The topological polar surface area (TPSA) is 0 Å². The highest BCUT2D eigenvalue weighted by atomic mass is 79.9. The van der Waals surface area contributed by atoms with Gasteiger partial charge in [-0.15, -0.1) is 0 Å². The normalized spacial score (nSPS) is 19.2. The highest BCUT2D eigenvalue weighted by Gasteiger charge is 2.19. The monoisotopic (exact) mass is 294 g/mol. The van der Waals surface area contributed by atoms with Crippen LogP contribution in [0.25, 0.3) is 0 Å². The minimum Gasteiger partial charge on any atom is -0.0839 e. The van der Waals surface area contributed by atoms with Gasteiger partial charge in [-0.3, -0.25) is 0 Å². The zero-order valence-electron chi connectivity index (χ0n) is 11.0. The van der Waals surface area contributed by atoms with Gasteiger partial charge in [-0.1, -0.05) is 71.8 Å². The first-order chi connectivity index (χ1) is 8.16. The molecule has 1 saturated carbocycles. The van der Waals surface area contributed by atoms with Crippen LogP contribution in [0.3, 0.4) is 0 Å². The maximum atomic E-state index is 3.91. The molecule has 2 rings (SSSR count). The lowest BCUT2D eigenvalue weighted by atomic mass is 9.84. The van der Waals surface area contributed by atoms with E-state index in [1.165, 1.54) is 55.2 Å². The van der Waals surface area contributed by atoms with E-state index in [1.807, 2.05) is 0 Å². The molecule has 0 bridgehead atoms. The van der Waals surface area contributed by atoms with Crippen molar-refractivity contribution in [1.82, 2.24) is 0 Å². The summed E-state index contributed by atoms with van der Waals surface area (Å²) in [5.41, 5.74) is 4.29. The van der Waals surface area contributed by atoms with Crippen LogP contribution in [0.15, 0.2) is 18.2 Å². The van der Waals surface area contributed by atoms with Gasteiger partial charge in [0.2, 0.25) is 0 Å². The molecule has 0 aromatic heterocycles. The lowest BCUT2D eigenvalue weighted by molar-refractivity contribution is 0.338. The molecular weight excluding hydrogens is 272 g/mol. The van der Waals surface area contributed by atoms with Gasteiger partial charge in [0.15, 0.2) is 0 Å². The third-order valence-corrected chi connectivity index (χ3v) is 4.90. The molecule has 0 aliphatic heterocycles. The van der Waals surface area contributed by atoms with E-state index in [-0.39, 0.29) is 0 Å². The van der Waals surface area contributed by atoms with Crippen LogP contribution >= 0.6 is 15.9 Å². The smallest absolute Gasteiger partial charge is 0.0400 e. The number of aryl methyl sites for hydroxylation is 2. The summed E-state index contributed by atoms with van der Waals surface area (Å²) in [6, 6.07) is 6.80. The van der Waals surface area contributed by atoms with Crippen LogP contribution in [0.1, 0.15) is 60.0 Å². The van der Waals surface area contributed by atoms with Gasteiger partial charge in [-0.25, -0.2) is 0 Å². The maximum absolute atomic E-state index is 3.91. The van der Waals surface area contributed by atoms with E-state index in [2.05, 4.69) is 48.0 Å². The summed E-state index contributed by atoms with van der Waals surface area (Å²) in [4.78, 5) is 0.547. The zero-order valence-corrected chi connectivity index (χ0v) is 12.6. The Labute approximate surface area is 114 Å². The largest absolute Gasteiger partial charge is 0.0839 e. The van der Waals surface area contributed by atoms with E-state index in [1.54, 1.807) is 0 Å². The molecule has 17 heavy (non-hydrogen) atoms.